The number of rotatable bonds is 13. The minimum absolute atomic E-state index is 0. The van der Waals surface area contributed by atoms with Gasteiger partial charge in [-0.2, -0.15) is 8.42 Å². The molecule has 0 spiro atoms. The van der Waals surface area contributed by atoms with Crippen LogP contribution in [-0.2, 0) is 23.0 Å². The molecule has 0 bridgehead atoms. The van der Waals surface area contributed by atoms with E-state index in [1.165, 1.54) is 42.7 Å². The van der Waals surface area contributed by atoms with Gasteiger partial charge in [0, 0.05) is 37.0 Å². The summed E-state index contributed by atoms with van der Waals surface area (Å²) in [6.45, 7) is 8.32. The van der Waals surface area contributed by atoms with Crippen LogP contribution in [0.25, 0.3) is 0 Å². The van der Waals surface area contributed by atoms with Crippen molar-refractivity contribution >= 4 is 39.7 Å². The van der Waals surface area contributed by atoms with Crippen LogP contribution >= 0.6 is 12.4 Å². The molecule has 244 valence electrons. The van der Waals surface area contributed by atoms with E-state index in [0.717, 1.165) is 54.2 Å². The second kappa shape index (κ2) is 16.5. The molecule has 0 aliphatic carbocycles. The standard InChI is InChI=1S/C36H42N4O4S.ClH/c1-3-39(4-2)33-11-8-12-34(26-33)44-40(32-9-6-5-7-10-32)45(42,43)35-19-17-31(18-20-35)36(41)38-27-30-15-13-28(14-16-30)25-29-21-23-37-24-22-29;/h5-20,26,29,37H,3-4,21-25,27H2,1-2H3,(H,38,41);1H. The fourth-order valence-corrected chi connectivity index (χ4v) is 6.84. The molecule has 0 saturated carbocycles. The van der Waals surface area contributed by atoms with E-state index in [-0.39, 0.29) is 23.2 Å². The monoisotopic (exact) mass is 662 g/mol. The Bertz CT molecular complexity index is 1640. The van der Waals surface area contributed by atoms with Gasteiger partial charge in [-0.05, 0) is 112 Å². The van der Waals surface area contributed by atoms with Crippen molar-refractivity contribution < 1.29 is 18.0 Å². The normalized spacial score (nSPS) is 13.3. The zero-order valence-corrected chi connectivity index (χ0v) is 28.0. The molecule has 10 heteroatoms. The van der Waals surface area contributed by atoms with Crippen molar-refractivity contribution in [3.05, 3.63) is 120 Å². The summed E-state index contributed by atoms with van der Waals surface area (Å²) in [6.07, 6.45) is 3.50. The van der Waals surface area contributed by atoms with Crippen LogP contribution in [0.3, 0.4) is 0 Å². The molecule has 0 unspecified atom stereocenters. The number of para-hydroxylation sites is 1. The Morgan fingerprint density at radius 1 is 0.826 bits per heavy atom. The molecule has 0 aromatic heterocycles. The molecule has 1 saturated heterocycles. The van der Waals surface area contributed by atoms with E-state index in [9.17, 15) is 13.2 Å². The third-order valence-corrected chi connectivity index (χ3v) is 9.78. The van der Waals surface area contributed by atoms with Crippen molar-refractivity contribution in [1.29, 1.82) is 0 Å². The largest absolute Gasteiger partial charge is 0.372 e. The zero-order chi connectivity index (χ0) is 31.6. The first kappa shape index (κ1) is 34.8. The second-order valence-electron chi connectivity index (χ2n) is 11.2. The Balaban J connectivity index is 0.00000480. The summed E-state index contributed by atoms with van der Waals surface area (Å²) >= 11 is 0. The molecule has 1 amide bonds. The summed E-state index contributed by atoms with van der Waals surface area (Å²) in [7, 11) is -4.15. The maximum Gasteiger partial charge on any atom is 0.295 e. The molecule has 4 aromatic rings. The van der Waals surface area contributed by atoms with Gasteiger partial charge in [-0.25, -0.2) is 0 Å². The van der Waals surface area contributed by atoms with Crippen LogP contribution in [0, 0.1) is 5.92 Å². The Hall–Kier alpha value is -4.05. The molecule has 1 aliphatic heterocycles. The molecule has 1 heterocycles. The number of benzene rings is 4. The molecule has 0 atom stereocenters. The first-order chi connectivity index (χ1) is 21.9. The lowest BCUT2D eigenvalue weighted by molar-refractivity contribution is 0.0951. The van der Waals surface area contributed by atoms with Crippen LogP contribution in [0.15, 0.2) is 108 Å². The van der Waals surface area contributed by atoms with Gasteiger partial charge >= 0.3 is 0 Å². The number of halogens is 1. The molecule has 4 aromatic carbocycles. The minimum Gasteiger partial charge on any atom is -0.372 e. The number of hydrogen-bond donors (Lipinski definition) is 2. The van der Waals surface area contributed by atoms with Gasteiger partial charge in [0.1, 0.15) is 0 Å². The molecule has 46 heavy (non-hydrogen) atoms. The highest BCUT2D eigenvalue weighted by Crippen LogP contribution is 2.28. The van der Waals surface area contributed by atoms with Crippen molar-refractivity contribution in [2.75, 3.05) is 35.5 Å². The maximum atomic E-state index is 13.9. The van der Waals surface area contributed by atoms with E-state index >= 15 is 0 Å². The molecule has 2 N–H and O–H groups in total. The second-order valence-corrected chi connectivity index (χ2v) is 13.0. The number of hydrogen-bond acceptors (Lipinski definition) is 6. The van der Waals surface area contributed by atoms with Crippen molar-refractivity contribution in [1.82, 2.24) is 10.6 Å². The number of carbonyl (C=O) groups is 1. The zero-order valence-electron chi connectivity index (χ0n) is 26.4. The number of nitrogens with one attached hydrogen (secondary N) is 2. The van der Waals surface area contributed by atoms with E-state index in [0.29, 0.717) is 23.5 Å². The van der Waals surface area contributed by atoms with Gasteiger partial charge in [0.25, 0.3) is 15.9 Å². The number of carbonyl (C=O) groups excluding carboxylic acids is 1. The fraction of sp³-hybridized carbons (Fsp3) is 0.306. The van der Waals surface area contributed by atoms with Crippen LogP contribution in [0.4, 0.5) is 11.4 Å². The summed E-state index contributed by atoms with van der Waals surface area (Å²) in [6, 6.07) is 30.4. The van der Waals surface area contributed by atoms with Crippen LogP contribution in [0.2, 0.25) is 0 Å². The predicted molar refractivity (Wildman–Crippen MR) is 187 cm³/mol. The number of sulfonamides is 1. The third-order valence-electron chi connectivity index (χ3n) is 8.19. The number of amides is 1. The van der Waals surface area contributed by atoms with E-state index in [4.69, 9.17) is 4.84 Å². The molecular formula is C36H43ClN4O4S. The van der Waals surface area contributed by atoms with Gasteiger partial charge in [-0.15, -0.1) is 12.4 Å². The smallest absolute Gasteiger partial charge is 0.295 e. The number of nitrogens with zero attached hydrogens (tertiary/aromatic N) is 2. The quantitative estimate of drug-likeness (QED) is 0.157. The highest BCUT2D eigenvalue weighted by molar-refractivity contribution is 7.92. The Morgan fingerprint density at radius 2 is 1.46 bits per heavy atom. The Kier molecular flexibility index (Phi) is 12.5. The van der Waals surface area contributed by atoms with E-state index < -0.39 is 10.0 Å². The minimum atomic E-state index is -4.15. The first-order valence-corrected chi connectivity index (χ1v) is 17.1. The first-order valence-electron chi connectivity index (χ1n) is 15.7. The lowest BCUT2D eigenvalue weighted by atomic mass is 9.91. The third kappa shape index (κ3) is 8.81. The SMILES string of the molecule is CCN(CC)c1cccc(ON(c2ccccc2)S(=O)(=O)c2ccc(C(=O)NCc3ccc(CC4CCNCC4)cc3)cc2)c1.Cl. The predicted octanol–water partition coefficient (Wildman–Crippen LogP) is 6.62. The van der Waals surface area contributed by atoms with Crippen LogP contribution in [0.1, 0.15) is 48.2 Å². The Morgan fingerprint density at radius 3 is 2.11 bits per heavy atom. The molecule has 5 rings (SSSR count). The van der Waals surface area contributed by atoms with E-state index in [1.54, 1.807) is 30.3 Å². The van der Waals surface area contributed by atoms with E-state index in [1.807, 2.05) is 24.3 Å². The van der Waals surface area contributed by atoms with Gasteiger partial charge in [0.05, 0.1) is 10.6 Å². The Labute approximate surface area is 279 Å². The van der Waals surface area contributed by atoms with Crippen molar-refractivity contribution in [3.63, 3.8) is 0 Å². The summed E-state index contributed by atoms with van der Waals surface area (Å²) in [5.41, 5.74) is 3.99. The lowest BCUT2D eigenvalue weighted by Gasteiger charge is -2.25. The number of piperidine rings is 1. The fourth-order valence-electron chi connectivity index (χ4n) is 5.58. The van der Waals surface area contributed by atoms with Gasteiger partial charge < -0.3 is 20.4 Å². The molecule has 0 radical (unpaired) electrons. The van der Waals surface area contributed by atoms with E-state index in [2.05, 4.69) is 53.6 Å². The van der Waals surface area contributed by atoms with Gasteiger partial charge in [0.2, 0.25) is 0 Å². The summed E-state index contributed by atoms with van der Waals surface area (Å²) in [5, 5.41) is 6.35. The lowest BCUT2D eigenvalue weighted by Crippen LogP contribution is -2.34. The summed E-state index contributed by atoms with van der Waals surface area (Å²) < 4.78 is 28.7. The molecule has 1 fully saturated rings. The van der Waals surface area contributed by atoms with Gasteiger partial charge in [-0.3, -0.25) is 4.79 Å². The van der Waals surface area contributed by atoms with Crippen LogP contribution in [-0.4, -0.2) is 40.5 Å². The molecule has 8 nitrogen and oxygen atoms in total. The van der Waals surface area contributed by atoms with Crippen LogP contribution < -0.4 is 24.8 Å². The highest BCUT2D eigenvalue weighted by atomic mass is 35.5. The topological polar surface area (TPSA) is 91.0 Å². The molecular weight excluding hydrogens is 620 g/mol. The average Bonchev–Trinajstić information content (AvgIpc) is 3.08. The highest BCUT2D eigenvalue weighted by Gasteiger charge is 2.28. The summed E-state index contributed by atoms with van der Waals surface area (Å²) in [4.78, 5) is 21.2. The van der Waals surface area contributed by atoms with Crippen molar-refractivity contribution in [2.45, 2.75) is 44.6 Å². The van der Waals surface area contributed by atoms with Crippen molar-refractivity contribution in [3.8, 4) is 5.75 Å². The number of anilines is 2. The van der Waals surface area contributed by atoms with Crippen LogP contribution in [0.5, 0.6) is 5.75 Å². The molecule has 1 aliphatic rings. The van der Waals surface area contributed by atoms with Gasteiger partial charge in [0.15, 0.2) is 5.75 Å². The maximum absolute atomic E-state index is 13.9. The summed E-state index contributed by atoms with van der Waals surface area (Å²) in [5.74, 6) is 0.836. The van der Waals surface area contributed by atoms with Gasteiger partial charge in [-0.1, -0.05) is 53.0 Å². The average molecular weight is 663 g/mol. The van der Waals surface area contributed by atoms with Crippen molar-refractivity contribution in [2.24, 2.45) is 5.92 Å².